The number of anilines is 1. The van der Waals surface area contributed by atoms with Crippen molar-refractivity contribution in [2.45, 2.75) is 31.9 Å². The number of para-hydroxylation sites is 2. The van der Waals surface area contributed by atoms with Gasteiger partial charge in [0.05, 0.1) is 6.61 Å². The van der Waals surface area contributed by atoms with Crippen molar-refractivity contribution in [2.75, 3.05) is 18.5 Å². The highest BCUT2D eigenvalue weighted by Crippen LogP contribution is 2.25. The molecule has 2 N–H and O–H groups in total. The van der Waals surface area contributed by atoms with Gasteiger partial charge in [0, 0.05) is 25.2 Å². The predicted octanol–water partition coefficient (Wildman–Crippen LogP) is 8.45. The molecule has 0 saturated carbocycles. The van der Waals surface area contributed by atoms with E-state index in [1.54, 1.807) is 36.1 Å². The van der Waals surface area contributed by atoms with Gasteiger partial charge < -0.3 is 29.5 Å². The van der Waals surface area contributed by atoms with Crippen LogP contribution in [0.5, 0.6) is 23.0 Å². The van der Waals surface area contributed by atoms with Crippen LogP contribution in [0.2, 0.25) is 0 Å². The van der Waals surface area contributed by atoms with E-state index in [9.17, 15) is 14.7 Å². The van der Waals surface area contributed by atoms with Crippen molar-refractivity contribution in [3.63, 3.8) is 0 Å². The minimum Gasteiger partial charge on any atom is -0.494 e. The van der Waals surface area contributed by atoms with Crippen LogP contribution in [0, 0.1) is 0 Å². The number of carbonyl (C=O) groups excluding carboxylic acids is 1. The van der Waals surface area contributed by atoms with Crippen LogP contribution in [-0.4, -0.2) is 40.8 Å². The smallest absolute Gasteiger partial charge is 0.348 e. The van der Waals surface area contributed by atoms with Gasteiger partial charge in [-0.1, -0.05) is 78.9 Å². The number of nitrogens with one attached hydrogen (secondary N) is 1. The number of carbonyl (C=O) groups is 2. The van der Waals surface area contributed by atoms with Gasteiger partial charge in [0.15, 0.2) is 0 Å². The largest absolute Gasteiger partial charge is 0.494 e. The van der Waals surface area contributed by atoms with E-state index in [2.05, 4.69) is 5.32 Å². The predicted molar refractivity (Wildman–Crippen MR) is 182 cm³/mol. The fourth-order valence-corrected chi connectivity index (χ4v) is 4.93. The Balaban J connectivity index is 1.14. The number of hydrogen-bond donors (Lipinski definition) is 2. The van der Waals surface area contributed by atoms with Crippen LogP contribution in [-0.2, 0) is 17.8 Å². The fraction of sp³-hybridized carbons (Fsp3) is 0.179. The highest BCUT2D eigenvalue weighted by atomic mass is 16.5. The molecular weight excluding hydrogens is 592 g/mol. The number of aliphatic carboxylic acids is 1. The first-order valence-corrected chi connectivity index (χ1v) is 15.5. The van der Waals surface area contributed by atoms with E-state index in [1.165, 1.54) is 0 Å². The van der Waals surface area contributed by atoms with Crippen molar-refractivity contribution in [2.24, 2.45) is 0 Å². The fourth-order valence-electron chi connectivity index (χ4n) is 4.93. The van der Waals surface area contributed by atoms with E-state index >= 15 is 0 Å². The minimum absolute atomic E-state index is 0.184. The lowest BCUT2D eigenvalue weighted by molar-refractivity contribution is -0.153. The van der Waals surface area contributed by atoms with Crippen LogP contribution in [0.25, 0.3) is 0 Å². The molecule has 0 aromatic heterocycles. The molecule has 0 heterocycles. The van der Waals surface area contributed by atoms with Crippen LogP contribution in [0.1, 0.15) is 24.5 Å². The number of rotatable bonds is 15. The van der Waals surface area contributed by atoms with Gasteiger partial charge >= 0.3 is 12.0 Å². The summed E-state index contributed by atoms with van der Waals surface area (Å²) in [6.07, 6.45) is 0.789. The molecule has 0 bridgehead atoms. The molecule has 2 amide bonds. The average Bonchev–Trinajstić information content (AvgIpc) is 3.09. The molecule has 0 aliphatic heterocycles. The van der Waals surface area contributed by atoms with E-state index in [4.69, 9.17) is 14.2 Å². The molecule has 5 aromatic carbocycles. The summed E-state index contributed by atoms with van der Waals surface area (Å²) >= 11 is 0. The summed E-state index contributed by atoms with van der Waals surface area (Å²) in [5.41, 5.74) is 1.07. The molecule has 0 aliphatic rings. The van der Waals surface area contributed by atoms with Crippen molar-refractivity contribution in [1.82, 2.24) is 4.90 Å². The third-order valence-corrected chi connectivity index (χ3v) is 7.43. The second-order valence-electron chi connectivity index (χ2n) is 11.3. The minimum atomic E-state index is -1.43. The van der Waals surface area contributed by atoms with E-state index in [1.807, 2.05) is 115 Å². The van der Waals surface area contributed by atoms with Crippen molar-refractivity contribution in [1.29, 1.82) is 0 Å². The molecule has 5 rings (SSSR count). The standard InChI is InChI=1S/C39H38N2O6/c1-39(37(42)43,47-36-16-9-4-10-17-36)28-30-18-22-33(23-19-30)45-27-11-26-41(29-31-12-5-2-6-13-31)38(44)40-32-20-24-35(25-21-32)46-34-14-7-3-8-15-34/h2-10,12-25H,11,26-29H2,1H3,(H,40,44)(H,42,43)/t39-/m0/s1. The zero-order chi connectivity index (χ0) is 32.9. The summed E-state index contributed by atoms with van der Waals surface area (Å²) in [4.78, 5) is 27.2. The lowest BCUT2D eigenvalue weighted by atomic mass is 9.96. The molecule has 0 spiro atoms. The molecule has 240 valence electrons. The summed E-state index contributed by atoms with van der Waals surface area (Å²) in [7, 11) is 0. The Hall–Kier alpha value is -5.76. The molecule has 0 aliphatic carbocycles. The first-order chi connectivity index (χ1) is 22.9. The van der Waals surface area contributed by atoms with E-state index in [-0.39, 0.29) is 12.5 Å². The van der Waals surface area contributed by atoms with Gasteiger partial charge in [0.1, 0.15) is 23.0 Å². The highest BCUT2D eigenvalue weighted by molar-refractivity contribution is 5.89. The Morgan fingerprint density at radius 3 is 1.85 bits per heavy atom. The Morgan fingerprint density at radius 1 is 0.681 bits per heavy atom. The number of hydrogen-bond acceptors (Lipinski definition) is 5. The molecule has 47 heavy (non-hydrogen) atoms. The second-order valence-corrected chi connectivity index (χ2v) is 11.3. The zero-order valence-corrected chi connectivity index (χ0v) is 26.3. The van der Waals surface area contributed by atoms with Crippen LogP contribution in [0.4, 0.5) is 10.5 Å². The SMILES string of the molecule is C[C@@](Cc1ccc(OCCCN(Cc2ccccc2)C(=O)Nc2ccc(Oc3ccccc3)cc2)cc1)(Oc1ccccc1)C(=O)O. The quantitative estimate of drug-likeness (QED) is 0.113. The van der Waals surface area contributed by atoms with E-state index in [0.29, 0.717) is 49.1 Å². The van der Waals surface area contributed by atoms with Gasteiger partial charge in [-0.2, -0.15) is 0 Å². The number of benzene rings is 5. The Bertz CT molecular complexity index is 1700. The Morgan fingerprint density at radius 2 is 1.23 bits per heavy atom. The molecule has 0 radical (unpaired) electrons. The molecule has 1 atom stereocenters. The van der Waals surface area contributed by atoms with Crippen molar-refractivity contribution >= 4 is 17.7 Å². The average molecular weight is 631 g/mol. The number of ether oxygens (including phenoxy) is 3. The van der Waals surface area contributed by atoms with Gasteiger partial charge in [0.25, 0.3) is 0 Å². The molecule has 8 heteroatoms. The number of amides is 2. The highest BCUT2D eigenvalue weighted by Gasteiger charge is 2.36. The molecule has 0 fully saturated rings. The molecule has 8 nitrogen and oxygen atoms in total. The first kappa shape index (κ1) is 32.6. The van der Waals surface area contributed by atoms with Crippen LogP contribution in [0.3, 0.4) is 0 Å². The number of nitrogens with zero attached hydrogens (tertiary/aromatic N) is 1. The summed E-state index contributed by atoms with van der Waals surface area (Å²) in [6, 6.07) is 42.7. The summed E-state index contributed by atoms with van der Waals surface area (Å²) in [5, 5.41) is 12.9. The van der Waals surface area contributed by atoms with Crippen LogP contribution >= 0.6 is 0 Å². The number of carboxylic acids is 1. The van der Waals surface area contributed by atoms with Gasteiger partial charge in [-0.3, -0.25) is 0 Å². The van der Waals surface area contributed by atoms with Crippen LogP contribution < -0.4 is 19.5 Å². The summed E-state index contributed by atoms with van der Waals surface area (Å²) in [5.74, 6) is 1.54. The van der Waals surface area contributed by atoms with Gasteiger partial charge in [0.2, 0.25) is 5.60 Å². The summed E-state index contributed by atoms with van der Waals surface area (Å²) in [6.45, 7) is 2.89. The van der Waals surface area contributed by atoms with Gasteiger partial charge in [-0.05, 0) is 85.1 Å². The number of urea groups is 1. The first-order valence-electron chi connectivity index (χ1n) is 15.5. The number of carboxylic acid groups (broad SMARTS) is 1. The maximum absolute atomic E-state index is 13.4. The topological polar surface area (TPSA) is 97.3 Å². The van der Waals surface area contributed by atoms with Gasteiger partial charge in [-0.15, -0.1) is 0 Å². The van der Waals surface area contributed by atoms with Gasteiger partial charge in [-0.25, -0.2) is 9.59 Å². The maximum Gasteiger partial charge on any atom is 0.348 e. The maximum atomic E-state index is 13.4. The van der Waals surface area contributed by atoms with Crippen molar-refractivity contribution in [3.8, 4) is 23.0 Å². The third-order valence-electron chi connectivity index (χ3n) is 7.43. The van der Waals surface area contributed by atoms with E-state index in [0.717, 1.165) is 16.9 Å². The molecular formula is C39H38N2O6. The Labute approximate surface area is 275 Å². The second kappa shape index (κ2) is 16.0. The van der Waals surface area contributed by atoms with Crippen LogP contribution in [0.15, 0.2) is 140 Å². The monoisotopic (exact) mass is 630 g/mol. The normalized spacial score (nSPS) is 11.9. The third kappa shape index (κ3) is 9.86. The van der Waals surface area contributed by atoms with Crippen molar-refractivity contribution in [3.05, 3.63) is 151 Å². The van der Waals surface area contributed by atoms with E-state index < -0.39 is 11.6 Å². The zero-order valence-electron chi connectivity index (χ0n) is 26.3. The van der Waals surface area contributed by atoms with Crippen molar-refractivity contribution < 1.29 is 28.9 Å². The lowest BCUT2D eigenvalue weighted by Gasteiger charge is -2.26. The molecule has 0 unspecified atom stereocenters. The molecule has 5 aromatic rings. The summed E-state index contributed by atoms with van der Waals surface area (Å²) < 4.78 is 17.7. The molecule has 0 saturated heterocycles. The Kier molecular flexibility index (Phi) is 11.1. The lowest BCUT2D eigenvalue weighted by Crippen LogP contribution is -2.43.